The molecular weight excluding hydrogens is 271 g/mol. The molecule has 1 atom stereocenters. The van der Waals surface area contributed by atoms with Crippen LogP contribution in [0.4, 0.5) is 18.9 Å². The molecular formula is C14H16F3NO2. The van der Waals surface area contributed by atoms with Gasteiger partial charge in [-0.2, -0.15) is 13.2 Å². The van der Waals surface area contributed by atoms with E-state index in [4.69, 9.17) is 4.74 Å². The van der Waals surface area contributed by atoms with Gasteiger partial charge in [0.1, 0.15) is 6.29 Å². The third-order valence-corrected chi connectivity index (χ3v) is 3.51. The van der Waals surface area contributed by atoms with Gasteiger partial charge in [-0.15, -0.1) is 0 Å². The highest BCUT2D eigenvalue weighted by Gasteiger charge is 2.36. The quantitative estimate of drug-likeness (QED) is 0.800. The molecule has 1 unspecified atom stereocenters. The van der Waals surface area contributed by atoms with E-state index in [2.05, 4.69) is 0 Å². The molecule has 3 nitrogen and oxygen atoms in total. The summed E-state index contributed by atoms with van der Waals surface area (Å²) in [4.78, 5) is 12.3. The van der Waals surface area contributed by atoms with E-state index in [1.54, 1.807) is 12.0 Å². The number of rotatable bonds is 3. The normalized spacial score (nSPS) is 20.0. The first-order valence-electron chi connectivity index (χ1n) is 6.40. The Hall–Kier alpha value is -1.56. The molecule has 0 saturated carbocycles. The predicted molar refractivity (Wildman–Crippen MR) is 69.1 cm³/mol. The highest BCUT2D eigenvalue weighted by atomic mass is 19.4. The smallest absolute Gasteiger partial charge is 0.380 e. The molecule has 0 bridgehead atoms. The highest BCUT2D eigenvalue weighted by Crippen LogP contribution is 2.38. The van der Waals surface area contributed by atoms with E-state index in [1.165, 1.54) is 12.1 Å². The number of methoxy groups -OCH3 is 1. The van der Waals surface area contributed by atoms with Crippen molar-refractivity contribution in [2.45, 2.75) is 25.1 Å². The van der Waals surface area contributed by atoms with Gasteiger partial charge in [-0.1, -0.05) is 0 Å². The number of benzene rings is 1. The van der Waals surface area contributed by atoms with Gasteiger partial charge in [-0.25, -0.2) is 0 Å². The van der Waals surface area contributed by atoms with Crippen LogP contribution < -0.4 is 4.90 Å². The lowest BCUT2D eigenvalue weighted by molar-refractivity contribution is -0.137. The number of anilines is 1. The molecule has 1 aromatic rings. The second-order valence-corrected chi connectivity index (χ2v) is 4.84. The zero-order valence-corrected chi connectivity index (χ0v) is 11.1. The monoisotopic (exact) mass is 287 g/mol. The third kappa shape index (κ3) is 3.12. The Morgan fingerprint density at radius 2 is 2.15 bits per heavy atom. The van der Waals surface area contributed by atoms with Crippen LogP contribution in [0, 0.1) is 0 Å². The maximum atomic E-state index is 13.1. The van der Waals surface area contributed by atoms with Crippen LogP contribution in [0.25, 0.3) is 0 Å². The van der Waals surface area contributed by atoms with Gasteiger partial charge >= 0.3 is 6.18 Å². The number of nitrogens with zero attached hydrogens (tertiary/aromatic N) is 1. The van der Waals surface area contributed by atoms with Gasteiger partial charge in [0.2, 0.25) is 0 Å². The number of hydrogen-bond donors (Lipinski definition) is 0. The summed E-state index contributed by atoms with van der Waals surface area (Å²) >= 11 is 0. The van der Waals surface area contributed by atoms with Crippen molar-refractivity contribution in [2.24, 2.45) is 0 Å². The minimum Gasteiger partial charge on any atom is -0.380 e. The number of carbonyl (C=O) groups is 1. The molecule has 0 spiro atoms. The molecule has 2 rings (SSSR count). The lowest BCUT2D eigenvalue weighted by Gasteiger charge is -2.35. The van der Waals surface area contributed by atoms with Crippen LogP contribution in [0.2, 0.25) is 0 Å². The fourth-order valence-electron chi connectivity index (χ4n) is 2.48. The van der Waals surface area contributed by atoms with Gasteiger partial charge in [-0.05, 0) is 31.0 Å². The van der Waals surface area contributed by atoms with Crippen molar-refractivity contribution in [3.8, 4) is 0 Å². The maximum absolute atomic E-state index is 13.1. The Bertz CT molecular complexity index is 488. The number of piperidine rings is 1. The van der Waals surface area contributed by atoms with Crippen molar-refractivity contribution in [1.82, 2.24) is 0 Å². The molecule has 6 heteroatoms. The fraction of sp³-hybridized carbons (Fsp3) is 0.500. The first-order valence-corrected chi connectivity index (χ1v) is 6.40. The number of ether oxygens (including phenoxy) is 1. The second-order valence-electron chi connectivity index (χ2n) is 4.84. The van der Waals surface area contributed by atoms with Crippen LogP contribution in [0.3, 0.4) is 0 Å². The van der Waals surface area contributed by atoms with E-state index in [9.17, 15) is 18.0 Å². The summed E-state index contributed by atoms with van der Waals surface area (Å²) in [5.74, 6) is 0. The standard InChI is InChI=1S/C14H16F3NO2/c1-20-11-3-2-6-18(8-11)13-5-4-10(9-19)7-12(13)14(15,16)17/h4-5,7,9,11H,2-3,6,8H2,1H3. The van der Waals surface area contributed by atoms with Crippen LogP contribution in [-0.4, -0.2) is 32.6 Å². The van der Waals surface area contributed by atoms with Gasteiger partial charge in [0.05, 0.1) is 11.7 Å². The minimum atomic E-state index is -4.48. The van der Waals surface area contributed by atoms with Crippen molar-refractivity contribution in [3.05, 3.63) is 29.3 Å². The number of carbonyl (C=O) groups excluding carboxylic acids is 1. The van der Waals surface area contributed by atoms with E-state index >= 15 is 0 Å². The molecule has 110 valence electrons. The zero-order chi connectivity index (χ0) is 14.8. The van der Waals surface area contributed by atoms with E-state index in [-0.39, 0.29) is 17.4 Å². The minimum absolute atomic E-state index is 0.0291. The number of halogens is 3. The molecule has 1 aromatic carbocycles. The Labute approximate surface area is 115 Å². The highest BCUT2D eigenvalue weighted by molar-refractivity contribution is 5.77. The average Bonchev–Trinajstić information content (AvgIpc) is 2.45. The van der Waals surface area contributed by atoms with Crippen LogP contribution in [0.15, 0.2) is 18.2 Å². The van der Waals surface area contributed by atoms with Crippen molar-refractivity contribution < 1.29 is 22.7 Å². The molecule has 0 amide bonds. The average molecular weight is 287 g/mol. The van der Waals surface area contributed by atoms with Gasteiger partial charge in [0, 0.05) is 31.5 Å². The first kappa shape index (κ1) is 14.8. The Balaban J connectivity index is 2.37. The van der Waals surface area contributed by atoms with Gasteiger partial charge in [0.25, 0.3) is 0 Å². The molecule has 0 aliphatic carbocycles. The number of alkyl halides is 3. The van der Waals surface area contributed by atoms with Crippen molar-refractivity contribution >= 4 is 12.0 Å². The van der Waals surface area contributed by atoms with E-state index in [0.29, 0.717) is 19.4 Å². The van der Waals surface area contributed by atoms with Crippen LogP contribution in [-0.2, 0) is 10.9 Å². The molecule has 0 N–H and O–H groups in total. The summed E-state index contributed by atoms with van der Waals surface area (Å²) in [6, 6.07) is 3.68. The van der Waals surface area contributed by atoms with Crippen molar-refractivity contribution in [1.29, 1.82) is 0 Å². The van der Waals surface area contributed by atoms with Crippen LogP contribution >= 0.6 is 0 Å². The zero-order valence-electron chi connectivity index (χ0n) is 11.1. The fourth-order valence-corrected chi connectivity index (χ4v) is 2.48. The van der Waals surface area contributed by atoms with Crippen molar-refractivity contribution in [3.63, 3.8) is 0 Å². The molecule has 1 aliphatic heterocycles. The number of hydrogen-bond acceptors (Lipinski definition) is 3. The first-order chi connectivity index (χ1) is 9.45. The summed E-state index contributed by atoms with van der Waals surface area (Å²) in [5.41, 5.74) is -0.620. The van der Waals surface area contributed by atoms with E-state index < -0.39 is 11.7 Å². The van der Waals surface area contributed by atoms with Gasteiger partial charge < -0.3 is 9.64 Å². The van der Waals surface area contributed by atoms with E-state index in [1.807, 2.05) is 0 Å². The largest absolute Gasteiger partial charge is 0.418 e. The molecule has 20 heavy (non-hydrogen) atoms. The Morgan fingerprint density at radius 1 is 1.40 bits per heavy atom. The van der Waals surface area contributed by atoms with E-state index in [0.717, 1.165) is 18.9 Å². The van der Waals surface area contributed by atoms with Crippen LogP contribution in [0.1, 0.15) is 28.8 Å². The Morgan fingerprint density at radius 3 is 2.75 bits per heavy atom. The molecule has 1 heterocycles. The molecule has 1 aliphatic rings. The summed E-state index contributed by atoms with van der Waals surface area (Å²) in [7, 11) is 1.56. The Kier molecular flexibility index (Phi) is 4.32. The lowest BCUT2D eigenvalue weighted by atomic mass is 10.0. The lowest BCUT2D eigenvalue weighted by Crippen LogP contribution is -2.40. The molecule has 0 aromatic heterocycles. The van der Waals surface area contributed by atoms with Gasteiger partial charge in [-0.3, -0.25) is 4.79 Å². The molecule has 1 fully saturated rings. The van der Waals surface area contributed by atoms with Crippen molar-refractivity contribution in [2.75, 3.05) is 25.1 Å². The third-order valence-electron chi connectivity index (χ3n) is 3.51. The summed E-state index contributed by atoms with van der Waals surface area (Å²) in [5, 5.41) is 0. The molecule has 0 radical (unpaired) electrons. The SMILES string of the molecule is COC1CCCN(c2ccc(C=O)cc2C(F)(F)F)C1. The molecule has 1 saturated heterocycles. The second kappa shape index (κ2) is 5.83. The van der Waals surface area contributed by atoms with Gasteiger partial charge in [0.15, 0.2) is 0 Å². The summed E-state index contributed by atoms with van der Waals surface area (Å²) in [6.07, 6.45) is -2.48. The predicted octanol–water partition coefficient (Wildman–Crippen LogP) is 3.13. The maximum Gasteiger partial charge on any atom is 0.418 e. The summed E-state index contributed by atoms with van der Waals surface area (Å²) in [6.45, 7) is 0.989. The number of aldehydes is 1. The topological polar surface area (TPSA) is 29.5 Å². The summed E-state index contributed by atoms with van der Waals surface area (Å²) < 4.78 is 44.6. The van der Waals surface area contributed by atoms with Crippen LogP contribution in [0.5, 0.6) is 0 Å².